The summed E-state index contributed by atoms with van der Waals surface area (Å²) in [4.78, 5) is 5.76. The van der Waals surface area contributed by atoms with Crippen LogP contribution in [0.5, 0.6) is 5.75 Å². The average molecular weight is 407 g/mol. The molecule has 0 saturated carbocycles. The first-order chi connectivity index (χ1) is 13.7. The summed E-state index contributed by atoms with van der Waals surface area (Å²) in [6, 6.07) is 6.62. The molecule has 1 aromatic heterocycles. The highest BCUT2D eigenvalue weighted by atomic mass is 16.7. The van der Waals surface area contributed by atoms with E-state index in [1.54, 1.807) is 13.0 Å². The van der Waals surface area contributed by atoms with Crippen LogP contribution in [0.15, 0.2) is 24.4 Å². The number of hydrogen-bond donors (Lipinski definition) is 4. The molecule has 1 aromatic carbocycles. The van der Waals surface area contributed by atoms with Gasteiger partial charge in [0.1, 0.15) is 24.1 Å². The number of hydrogen-bond acceptors (Lipinski definition) is 6. The summed E-state index contributed by atoms with van der Waals surface area (Å²) in [6.45, 7) is 11.4. The summed E-state index contributed by atoms with van der Waals surface area (Å²) < 4.78 is 11.4. The summed E-state index contributed by atoms with van der Waals surface area (Å²) in [5, 5.41) is 31.1. The second-order valence-electron chi connectivity index (χ2n) is 8.50. The van der Waals surface area contributed by atoms with Gasteiger partial charge in [0.25, 0.3) is 0 Å². The van der Waals surface area contributed by atoms with Crippen molar-refractivity contribution in [3.8, 4) is 5.75 Å². The molecule has 29 heavy (non-hydrogen) atoms. The van der Waals surface area contributed by atoms with Gasteiger partial charge in [0.2, 0.25) is 6.29 Å². The summed E-state index contributed by atoms with van der Waals surface area (Å²) in [6.07, 6.45) is -2.52. The molecule has 1 aliphatic rings. The van der Waals surface area contributed by atoms with Gasteiger partial charge in [-0.05, 0) is 64.8 Å². The Morgan fingerprint density at radius 2 is 1.76 bits per heavy atom. The highest BCUT2D eigenvalue weighted by Crippen LogP contribution is 2.28. The van der Waals surface area contributed by atoms with Gasteiger partial charge < -0.3 is 29.8 Å². The lowest BCUT2D eigenvalue weighted by Gasteiger charge is -2.38. The largest absolute Gasteiger partial charge is 0.462 e. The van der Waals surface area contributed by atoms with Crippen molar-refractivity contribution in [3.05, 3.63) is 30.0 Å². The first-order valence-corrected chi connectivity index (χ1v) is 10.4. The molecule has 5 atom stereocenters. The van der Waals surface area contributed by atoms with E-state index in [1.807, 2.05) is 18.3 Å². The fourth-order valence-electron chi connectivity index (χ4n) is 4.04. The fourth-order valence-corrected chi connectivity index (χ4v) is 4.04. The molecular formula is C22H34N2O5. The number of rotatable bonds is 7. The van der Waals surface area contributed by atoms with Gasteiger partial charge in [-0.25, -0.2) is 0 Å². The van der Waals surface area contributed by atoms with Crippen molar-refractivity contribution < 1.29 is 24.8 Å². The molecule has 0 radical (unpaired) electrons. The smallest absolute Gasteiger partial charge is 0.229 e. The van der Waals surface area contributed by atoms with Crippen LogP contribution in [0.3, 0.4) is 0 Å². The van der Waals surface area contributed by atoms with E-state index in [4.69, 9.17) is 9.47 Å². The zero-order valence-corrected chi connectivity index (χ0v) is 17.9. The Hall–Kier alpha value is -1.64. The van der Waals surface area contributed by atoms with E-state index in [-0.39, 0.29) is 0 Å². The third-order valence-corrected chi connectivity index (χ3v) is 5.77. The standard InChI is InChI=1S/C22H34N2O5/c1-12(2)24(13(3)4)9-8-15-11-23-18-7-6-16(10-17(15)18)29-22-21(27)20(26)19(25)14(5)28-22/h6-7,10-14,19-23,25-27H,8-9H2,1-5H3. The van der Waals surface area contributed by atoms with Gasteiger partial charge >= 0.3 is 0 Å². The number of fused-ring (bicyclic) bond motifs is 1. The maximum atomic E-state index is 10.2. The van der Waals surface area contributed by atoms with Gasteiger partial charge in [-0.2, -0.15) is 0 Å². The Labute approximate surface area is 172 Å². The number of H-pyrrole nitrogens is 1. The zero-order valence-electron chi connectivity index (χ0n) is 17.9. The monoisotopic (exact) mass is 406 g/mol. The highest BCUT2D eigenvalue weighted by molar-refractivity contribution is 5.84. The third kappa shape index (κ3) is 4.75. The topological polar surface area (TPSA) is 98.2 Å². The van der Waals surface area contributed by atoms with E-state index < -0.39 is 30.7 Å². The number of nitrogens with zero attached hydrogens (tertiary/aromatic N) is 1. The number of aromatic amines is 1. The molecule has 7 heteroatoms. The lowest BCUT2D eigenvalue weighted by molar-refractivity contribution is -0.268. The van der Waals surface area contributed by atoms with E-state index in [9.17, 15) is 15.3 Å². The molecule has 2 aromatic rings. The molecule has 0 aliphatic carbocycles. The molecule has 0 bridgehead atoms. The van der Waals surface area contributed by atoms with E-state index in [0.29, 0.717) is 17.8 Å². The summed E-state index contributed by atoms with van der Waals surface area (Å²) in [5.74, 6) is 0.544. The lowest BCUT2D eigenvalue weighted by Crippen LogP contribution is -2.58. The van der Waals surface area contributed by atoms with Crippen molar-refractivity contribution in [1.82, 2.24) is 9.88 Å². The highest BCUT2D eigenvalue weighted by Gasteiger charge is 2.43. The van der Waals surface area contributed by atoms with Crippen molar-refractivity contribution in [1.29, 1.82) is 0 Å². The minimum absolute atomic E-state index is 0.479. The van der Waals surface area contributed by atoms with Crippen molar-refractivity contribution in [2.24, 2.45) is 0 Å². The van der Waals surface area contributed by atoms with Crippen molar-refractivity contribution >= 4 is 10.9 Å². The van der Waals surface area contributed by atoms with Crippen molar-refractivity contribution in [2.75, 3.05) is 6.54 Å². The molecule has 1 saturated heterocycles. The van der Waals surface area contributed by atoms with E-state index in [2.05, 4.69) is 37.6 Å². The minimum atomic E-state index is -1.33. The number of benzene rings is 1. The van der Waals surface area contributed by atoms with Gasteiger partial charge in [-0.15, -0.1) is 0 Å². The second kappa shape index (κ2) is 9.02. The van der Waals surface area contributed by atoms with Crippen LogP contribution in [0.2, 0.25) is 0 Å². The van der Waals surface area contributed by atoms with Gasteiger partial charge in [0.05, 0.1) is 6.10 Å². The van der Waals surface area contributed by atoms with Crippen LogP contribution < -0.4 is 4.74 Å². The predicted octanol–water partition coefficient (Wildman–Crippen LogP) is 2.04. The van der Waals surface area contributed by atoms with Gasteiger partial charge in [-0.1, -0.05) is 0 Å². The molecule has 1 aliphatic heterocycles. The first kappa shape index (κ1) is 22.1. The molecule has 162 valence electrons. The minimum Gasteiger partial charge on any atom is -0.462 e. The Morgan fingerprint density at radius 3 is 2.41 bits per heavy atom. The number of nitrogens with one attached hydrogen (secondary N) is 1. The molecular weight excluding hydrogens is 372 g/mol. The number of aliphatic hydroxyl groups is 3. The van der Waals surface area contributed by atoms with Crippen molar-refractivity contribution in [3.63, 3.8) is 0 Å². The zero-order chi connectivity index (χ0) is 21.3. The van der Waals surface area contributed by atoms with Crippen LogP contribution in [0.4, 0.5) is 0 Å². The Morgan fingerprint density at radius 1 is 1.07 bits per heavy atom. The van der Waals surface area contributed by atoms with E-state index >= 15 is 0 Å². The molecule has 5 unspecified atom stereocenters. The number of aromatic nitrogens is 1. The fraction of sp³-hybridized carbons (Fsp3) is 0.636. The van der Waals surface area contributed by atoms with Crippen LogP contribution in [0.25, 0.3) is 10.9 Å². The molecule has 3 rings (SSSR count). The third-order valence-electron chi connectivity index (χ3n) is 5.77. The normalized spacial score (nSPS) is 28.0. The van der Waals surface area contributed by atoms with Gasteiger partial charge in [0, 0.05) is 35.7 Å². The SMILES string of the molecule is CC1OC(Oc2ccc3[nH]cc(CCN(C(C)C)C(C)C)c3c2)C(O)C(O)C1O. The molecule has 0 amide bonds. The quantitative estimate of drug-likeness (QED) is 0.562. The molecule has 0 spiro atoms. The van der Waals surface area contributed by atoms with Crippen LogP contribution >= 0.6 is 0 Å². The maximum Gasteiger partial charge on any atom is 0.229 e. The van der Waals surface area contributed by atoms with Crippen LogP contribution in [0, 0.1) is 0 Å². The Bertz CT molecular complexity index is 798. The molecule has 1 fully saturated rings. The summed E-state index contributed by atoms with van der Waals surface area (Å²) in [7, 11) is 0. The Kier molecular flexibility index (Phi) is 6.86. The summed E-state index contributed by atoms with van der Waals surface area (Å²) in [5.41, 5.74) is 2.22. The second-order valence-corrected chi connectivity index (χ2v) is 8.50. The number of aliphatic hydroxyl groups excluding tert-OH is 3. The Balaban J connectivity index is 1.75. The average Bonchev–Trinajstić information content (AvgIpc) is 3.06. The predicted molar refractivity (Wildman–Crippen MR) is 112 cm³/mol. The van der Waals surface area contributed by atoms with Gasteiger partial charge in [-0.3, -0.25) is 4.90 Å². The number of ether oxygens (including phenoxy) is 2. The summed E-state index contributed by atoms with van der Waals surface area (Å²) >= 11 is 0. The van der Waals surface area contributed by atoms with Crippen molar-refractivity contribution in [2.45, 2.75) is 83.8 Å². The van der Waals surface area contributed by atoms with Crippen LogP contribution in [-0.2, 0) is 11.2 Å². The van der Waals surface area contributed by atoms with Crippen LogP contribution in [-0.4, -0.2) is 74.5 Å². The maximum absolute atomic E-state index is 10.2. The molecule has 4 N–H and O–H groups in total. The van der Waals surface area contributed by atoms with E-state index in [1.165, 1.54) is 5.56 Å². The van der Waals surface area contributed by atoms with Gasteiger partial charge in [0.15, 0.2) is 0 Å². The lowest BCUT2D eigenvalue weighted by atomic mass is 10.00. The molecule has 7 nitrogen and oxygen atoms in total. The molecule has 2 heterocycles. The van der Waals surface area contributed by atoms with Crippen LogP contribution in [0.1, 0.15) is 40.2 Å². The van der Waals surface area contributed by atoms with E-state index in [0.717, 1.165) is 23.9 Å². The first-order valence-electron chi connectivity index (χ1n) is 10.4.